The molecule has 0 aliphatic rings. The number of aliphatic hydroxyl groups is 1. The molecule has 0 spiro atoms. The molecule has 0 aromatic carbocycles. The van der Waals surface area contributed by atoms with Gasteiger partial charge in [-0.25, -0.2) is 4.98 Å². The summed E-state index contributed by atoms with van der Waals surface area (Å²) >= 11 is 1.74. The molecule has 0 amide bonds. The summed E-state index contributed by atoms with van der Waals surface area (Å²) in [6.07, 6.45) is 1.50. The van der Waals surface area contributed by atoms with E-state index < -0.39 is 6.10 Å². The van der Waals surface area contributed by atoms with Crippen molar-refractivity contribution in [3.8, 4) is 0 Å². The van der Waals surface area contributed by atoms with Gasteiger partial charge in [0.2, 0.25) is 0 Å². The van der Waals surface area contributed by atoms with E-state index in [1.54, 1.807) is 18.4 Å². The maximum Gasteiger partial charge on any atom is 0.0953 e. The summed E-state index contributed by atoms with van der Waals surface area (Å²) in [5, 5.41) is 10.8. The van der Waals surface area contributed by atoms with E-state index in [4.69, 9.17) is 4.74 Å². The lowest BCUT2D eigenvalue weighted by Gasteiger charge is -2.19. The molecule has 0 fully saturated rings. The van der Waals surface area contributed by atoms with Crippen molar-refractivity contribution in [3.05, 3.63) is 16.1 Å². The number of hydrogen-bond donors (Lipinski definition) is 1. The molecule has 1 atom stereocenters. The zero-order valence-corrected chi connectivity index (χ0v) is 11.8. The number of hydrogen-bond acceptors (Lipinski definition) is 5. The lowest BCUT2D eigenvalue weighted by Crippen LogP contribution is -2.31. The predicted molar refractivity (Wildman–Crippen MR) is 70.4 cm³/mol. The number of thiazole rings is 1. The number of aliphatic hydroxyl groups excluding tert-OH is 1. The van der Waals surface area contributed by atoms with E-state index in [1.165, 1.54) is 9.88 Å². The van der Waals surface area contributed by atoms with Crippen LogP contribution in [0.15, 0.2) is 6.20 Å². The van der Waals surface area contributed by atoms with Crippen LogP contribution < -0.4 is 0 Å². The summed E-state index contributed by atoms with van der Waals surface area (Å²) in [5.41, 5.74) is 0. The Hall–Kier alpha value is -0.490. The minimum absolute atomic E-state index is 0.379. The first-order valence-electron chi connectivity index (χ1n) is 5.83. The largest absolute Gasteiger partial charge is 0.389 e. The second kappa shape index (κ2) is 7.06. The van der Waals surface area contributed by atoms with Gasteiger partial charge in [0.15, 0.2) is 0 Å². The molecule has 1 aromatic heterocycles. The van der Waals surface area contributed by atoms with Gasteiger partial charge in [-0.3, -0.25) is 4.90 Å². The van der Waals surface area contributed by atoms with Crippen molar-refractivity contribution in [2.24, 2.45) is 0 Å². The van der Waals surface area contributed by atoms with Gasteiger partial charge >= 0.3 is 0 Å². The Balaban J connectivity index is 2.41. The topological polar surface area (TPSA) is 45.6 Å². The van der Waals surface area contributed by atoms with Crippen LogP contribution in [0, 0.1) is 0 Å². The van der Waals surface area contributed by atoms with Gasteiger partial charge in [-0.15, -0.1) is 11.3 Å². The molecule has 1 rings (SSSR count). The quantitative estimate of drug-likeness (QED) is 0.808. The van der Waals surface area contributed by atoms with Crippen LogP contribution in [-0.4, -0.2) is 48.4 Å². The fourth-order valence-electron chi connectivity index (χ4n) is 1.60. The molecular weight excluding hydrogens is 236 g/mol. The molecule has 98 valence electrons. The smallest absolute Gasteiger partial charge is 0.0953 e. The fraction of sp³-hybridized carbons (Fsp3) is 0.750. The van der Waals surface area contributed by atoms with Crippen LogP contribution in [0.25, 0.3) is 0 Å². The summed E-state index contributed by atoms with van der Waals surface area (Å²) in [7, 11) is 3.59. The first kappa shape index (κ1) is 14.6. The van der Waals surface area contributed by atoms with Crippen LogP contribution in [0.4, 0.5) is 0 Å². The third kappa shape index (κ3) is 5.12. The van der Waals surface area contributed by atoms with Gasteiger partial charge in [-0.05, 0) is 7.05 Å². The number of ether oxygens (including phenoxy) is 1. The van der Waals surface area contributed by atoms with Crippen molar-refractivity contribution in [2.75, 3.05) is 27.3 Å². The first-order chi connectivity index (χ1) is 8.02. The van der Waals surface area contributed by atoms with E-state index in [0.29, 0.717) is 19.1 Å². The number of likely N-dealkylation sites (N-methyl/N-ethyl adjacent to an activating group) is 1. The van der Waals surface area contributed by atoms with E-state index in [9.17, 15) is 5.11 Å². The lowest BCUT2D eigenvalue weighted by molar-refractivity contribution is 0.0420. The van der Waals surface area contributed by atoms with Crippen LogP contribution in [0.1, 0.15) is 29.7 Å². The zero-order chi connectivity index (χ0) is 12.8. The van der Waals surface area contributed by atoms with Gasteiger partial charge in [0.05, 0.1) is 17.7 Å². The Kier molecular flexibility index (Phi) is 6.05. The van der Waals surface area contributed by atoms with E-state index in [1.807, 2.05) is 13.2 Å². The molecule has 0 bridgehead atoms. The van der Waals surface area contributed by atoms with Crippen LogP contribution in [0.5, 0.6) is 0 Å². The second-order valence-corrected chi connectivity index (χ2v) is 5.77. The molecule has 17 heavy (non-hydrogen) atoms. The second-order valence-electron chi connectivity index (χ2n) is 4.63. The molecule has 5 heteroatoms. The summed E-state index contributed by atoms with van der Waals surface area (Å²) in [5.74, 6) is 0.484. The van der Waals surface area contributed by atoms with Gasteiger partial charge in [0, 0.05) is 37.2 Å². The maximum atomic E-state index is 9.61. The SMILES string of the molecule is COCC(O)CN(C)Cc1cnc(C(C)C)s1. The highest BCUT2D eigenvalue weighted by Gasteiger charge is 2.11. The minimum Gasteiger partial charge on any atom is -0.389 e. The summed E-state index contributed by atoms with van der Waals surface area (Å²) in [6, 6.07) is 0. The van der Waals surface area contributed by atoms with Crippen LogP contribution >= 0.6 is 11.3 Å². The molecule has 1 N–H and O–H groups in total. The van der Waals surface area contributed by atoms with E-state index in [0.717, 1.165) is 6.54 Å². The average molecular weight is 258 g/mol. The molecular formula is C12H22N2O2S. The third-order valence-electron chi connectivity index (χ3n) is 2.37. The average Bonchev–Trinajstić information content (AvgIpc) is 2.66. The van der Waals surface area contributed by atoms with Gasteiger partial charge in [-0.1, -0.05) is 13.8 Å². The molecule has 1 unspecified atom stereocenters. The van der Waals surface area contributed by atoms with Gasteiger partial charge in [-0.2, -0.15) is 0 Å². The molecule has 0 radical (unpaired) electrons. The number of aromatic nitrogens is 1. The lowest BCUT2D eigenvalue weighted by atomic mass is 10.2. The Morgan fingerprint density at radius 2 is 2.24 bits per heavy atom. The normalized spacial score (nSPS) is 13.6. The standard InChI is InChI=1S/C12H22N2O2S/c1-9(2)12-13-5-11(17-12)7-14(3)6-10(15)8-16-4/h5,9-10,15H,6-8H2,1-4H3. The van der Waals surface area contributed by atoms with Crippen LogP contribution in [-0.2, 0) is 11.3 Å². The highest BCUT2D eigenvalue weighted by Crippen LogP contribution is 2.21. The maximum absolute atomic E-state index is 9.61. The Bertz CT molecular complexity index is 328. The number of nitrogens with zero attached hydrogens (tertiary/aromatic N) is 2. The highest BCUT2D eigenvalue weighted by molar-refractivity contribution is 7.11. The summed E-state index contributed by atoms with van der Waals surface area (Å²) in [6.45, 7) is 6.11. The highest BCUT2D eigenvalue weighted by atomic mass is 32.1. The fourth-order valence-corrected chi connectivity index (χ4v) is 2.60. The van der Waals surface area contributed by atoms with Gasteiger partial charge in [0.25, 0.3) is 0 Å². The van der Waals surface area contributed by atoms with Crippen molar-refractivity contribution < 1.29 is 9.84 Å². The van der Waals surface area contributed by atoms with Crippen molar-refractivity contribution in [1.82, 2.24) is 9.88 Å². The molecule has 0 aliphatic heterocycles. The van der Waals surface area contributed by atoms with Crippen molar-refractivity contribution >= 4 is 11.3 Å². The predicted octanol–water partition coefficient (Wildman–Crippen LogP) is 1.71. The molecule has 4 nitrogen and oxygen atoms in total. The molecule has 0 saturated carbocycles. The van der Waals surface area contributed by atoms with Crippen molar-refractivity contribution in [1.29, 1.82) is 0 Å². The van der Waals surface area contributed by atoms with E-state index in [-0.39, 0.29) is 0 Å². The van der Waals surface area contributed by atoms with E-state index in [2.05, 4.69) is 23.7 Å². The third-order valence-corrected chi connectivity index (χ3v) is 3.66. The Labute approximate surface area is 107 Å². The zero-order valence-electron chi connectivity index (χ0n) is 11.0. The number of methoxy groups -OCH3 is 1. The summed E-state index contributed by atoms with van der Waals surface area (Å²) < 4.78 is 4.90. The molecule has 0 aliphatic carbocycles. The minimum atomic E-state index is -0.428. The molecule has 0 saturated heterocycles. The van der Waals surface area contributed by atoms with Crippen LogP contribution in [0.2, 0.25) is 0 Å². The Morgan fingerprint density at radius 1 is 1.53 bits per heavy atom. The Morgan fingerprint density at radius 3 is 2.76 bits per heavy atom. The summed E-state index contributed by atoms with van der Waals surface area (Å²) in [4.78, 5) is 7.71. The van der Waals surface area contributed by atoms with Crippen molar-refractivity contribution in [3.63, 3.8) is 0 Å². The number of rotatable bonds is 7. The van der Waals surface area contributed by atoms with E-state index >= 15 is 0 Å². The molecule has 1 aromatic rings. The van der Waals surface area contributed by atoms with Crippen molar-refractivity contribution in [2.45, 2.75) is 32.4 Å². The van der Waals surface area contributed by atoms with Gasteiger partial charge in [0.1, 0.15) is 0 Å². The monoisotopic (exact) mass is 258 g/mol. The first-order valence-corrected chi connectivity index (χ1v) is 6.64. The van der Waals surface area contributed by atoms with Crippen LogP contribution in [0.3, 0.4) is 0 Å². The van der Waals surface area contributed by atoms with Gasteiger partial charge < -0.3 is 9.84 Å². The molecule has 1 heterocycles.